The molecule has 1 atom stereocenters. The predicted molar refractivity (Wildman–Crippen MR) is 102 cm³/mol. The first-order valence-corrected chi connectivity index (χ1v) is 8.99. The van der Waals surface area contributed by atoms with E-state index in [0.29, 0.717) is 12.2 Å². The van der Waals surface area contributed by atoms with Crippen molar-refractivity contribution in [1.82, 2.24) is 10.3 Å². The molecule has 0 saturated carbocycles. The normalized spacial score (nSPS) is 15.8. The standard InChI is InChI=1S/C20H24N4O2/c1-3-24(4-2)19-14(8-7-11-21-19)13-22-20(26)16-12-18(25)23-17-10-6-5-9-15(16)17/h5-11,16H,3-4,12-13H2,1-2H3,(H,22,26)(H,23,25). The summed E-state index contributed by atoms with van der Waals surface area (Å²) < 4.78 is 0. The third-order valence-electron chi connectivity index (χ3n) is 4.70. The Hall–Kier alpha value is -2.89. The summed E-state index contributed by atoms with van der Waals surface area (Å²) in [5, 5.41) is 5.81. The van der Waals surface area contributed by atoms with Crippen LogP contribution in [0.4, 0.5) is 11.5 Å². The predicted octanol–water partition coefficient (Wildman–Crippen LogP) is 2.67. The number of nitrogens with zero attached hydrogens (tertiary/aromatic N) is 2. The van der Waals surface area contributed by atoms with Crippen LogP contribution in [0.3, 0.4) is 0 Å². The number of amides is 2. The molecule has 1 aliphatic heterocycles. The first-order chi connectivity index (χ1) is 12.6. The number of benzene rings is 1. The number of para-hydroxylation sites is 1. The summed E-state index contributed by atoms with van der Waals surface area (Å²) in [6, 6.07) is 11.3. The number of pyridine rings is 1. The van der Waals surface area contributed by atoms with E-state index >= 15 is 0 Å². The number of nitrogens with one attached hydrogen (secondary N) is 2. The number of carbonyl (C=O) groups excluding carboxylic acids is 2. The third-order valence-corrected chi connectivity index (χ3v) is 4.70. The second-order valence-electron chi connectivity index (χ2n) is 6.27. The maximum Gasteiger partial charge on any atom is 0.228 e. The molecule has 6 nitrogen and oxygen atoms in total. The van der Waals surface area contributed by atoms with E-state index in [0.717, 1.165) is 30.0 Å². The van der Waals surface area contributed by atoms with Gasteiger partial charge in [0.15, 0.2) is 0 Å². The zero-order chi connectivity index (χ0) is 18.5. The smallest absolute Gasteiger partial charge is 0.228 e. The second-order valence-corrected chi connectivity index (χ2v) is 6.27. The van der Waals surface area contributed by atoms with Crippen LogP contribution in [0, 0.1) is 0 Å². The average molecular weight is 352 g/mol. The van der Waals surface area contributed by atoms with Crippen LogP contribution in [-0.2, 0) is 16.1 Å². The molecule has 0 saturated heterocycles. The van der Waals surface area contributed by atoms with Crippen molar-refractivity contribution in [2.45, 2.75) is 32.7 Å². The van der Waals surface area contributed by atoms with Gasteiger partial charge >= 0.3 is 0 Å². The molecule has 0 spiro atoms. The average Bonchev–Trinajstić information content (AvgIpc) is 2.67. The number of carbonyl (C=O) groups is 2. The fraction of sp³-hybridized carbons (Fsp3) is 0.350. The molecule has 1 aromatic heterocycles. The number of hydrogen-bond donors (Lipinski definition) is 2. The number of rotatable bonds is 6. The SMILES string of the molecule is CCN(CC)c1ncccc1CNC(=O)C1CC(=O)Nc2ccccc21. The highest BCUT2D eigenvalue weighted by Gasteiger charge is 2.30. The lowest BCUT2D eigenvalue weighted by atomic mass is 9.90. The van der Waals surface area contributed by atoms with Crippen LogP contribution in [0.1, 0.15) is 37.3 Å². The number of anilines is 2. The van der Waals surface area contributed by atoms with Gasteiger partial charge in [-0.2, -0.15) is 0 Å². The van der Waals surface area contributed by atoms with Crippen LogP contribution < -0.4 is 15.5 Å². The molecule has 0 radical (unpaired) electrons. The summed E-state index contributed by atoms with van der Waals surface area (Å²) in [6.07, 6.45) is 1.93. The Labute approximate surface area is 153 Å². The van der Waals surface area contributed by atoms with Crippen LogP contribution in [0.15, 0.2) is 42.6 Å². The molecule has 2 aromatic rings. The lowest BCUT2D eigenvalue weighted by Crippen LogP contribution is -2.35. The van der Waals surface area contributed by atoms with Gasteiger partial charge in [0.2, 0.25) is 11.8 Å². The molecular weight excluding hydrogens is 328 g/mol. The minimum absolute atomic E-state index is 0.131. The van der Waals surface area contributed by atoms with Gasteiger partial charge < -0.3 is 15.5 Å². The largest absolute Gasteiger partial charge is 0.357 e. The van der Waals surface area contributed by atoms with Crippen molar-refractivity contribution in [3.8, 4) is 0 Å². The number of fused-ring (bicyclic) bond motifs is 1. The van der Waals surface area contributed by atoms with Crippen molar-refractivity contribution in [2.24, 2.45) is 0 Å². The quantitative estimate of drug-likeness (QED) is 0.838. The zero-order valence-electron chi connectivity index (χ0n) is 15.2. The van der Waals surface area contributed by atoms with Crippen LogP contribution in [0.5, 0.6) is 0 Å². The molecular formula is C20H24N4O2. The van der Waals surface area contributed by atoms with Crippen molar-refractivity contribution in [3.63, 3.8) is 0 Å². The molecule has 6 heteroatoms. The molecule has 2 N–H and O–H groups in total. The van der Waals surface area contributed by atoms with Gasteiger partial charge in [-0.05, 0) is 31.5 Å². The Bertz CT molecular complexity index is 802. The van der Waals surface area contributed by atoms with Crippen molar-refractivity contribution >= 4 is 23.3 Å². The van der Waals surface area contributed by atoms with Gasteiger partial charge in [0, 0.05) is 43.5 Å². The maximum absolute atomic E-state index is 12.8. The Morgan fingerprint density at radius 1 is 1.23 bits per heavy atom. The van der Waals surface area contributed by atoms with Crippen LogP contribution in [-0.4, -0.2) is 29.9 Å². The molecule has 2 amide bonds. The van der Waals surface area contributed by atoms with Gasteiger partial charge in [-0.3, -0.25) is 9.59 Å². The van der Waals surface area contributed by atoms with Crippen molar-refractivity contribution < 1.29 is 9.59 Å². The van der Waals surface area contributed by atoms with Gasteiger partial charge in [0.05, 0.1) is 5.92 Å². The Balaban J connectivity index is 1.75. The van der Waals surface area contributed by atoms with E-state index in [-0.39, 0.29) is 18.2 Å². The van der Waals surface area contributed by atoms with Gasteiger partial charge in [-0.25, -0.2) is 4.98 Å². The summed E-state index contributed by atoms with van der Waals surface area (Å²) in [4.78, 5) is 31.3. The van der Waals surface area contributed by atoms with Crippen LogP contribution in [0.25, 0.3) is 0 Å². The van der Waals surface area contributed by atoms with E-state index < -0.39 is 5.92 Å². The summed E-state index contributed by atoms with van der Waals surface area (Å²) in [6.45, 7) is 6.25. The van der Waals surface area contributed by atoms with E-state index in [2.05, 4.69) is 34.4 Å². The second kappa shape index (κ2) is 7.99. The number of aromatic nitrogens is 1. The Morgan fingerprint density at radius 3 is 2.77 bits per heavy atom. The summed E-state index contributed by atoms with van der Waals surface area (Å²) in [5.41, 5.74) is 2.55. The topological polar surface area (TPSA) is 74.3 Å². The molecule has 1 unspecified atom stereocenters. The molecule has 3 rings (SSSR count). The van der Waals surface area contributed by atoms with Crippen LogP contribution >= 0.6 is 0 Å². The molecule has 136 valence electrons. The minimum Gasteiger partial charge on any atom is -0.357 e. The summed E-state index contributed by atoms with van der Waals surface area (Å²) in [5.74, 6) is 0.156. The van der Waals surface area contributed by atoms with Crippen molar-refractivity contribution in [3.05, 3.63) is 53.7 Å². The van der Waals surface area contributed by atoms with Gasteiger partial charge in [-0.1, -0.05) is 24.3 Å². The minimum atomic E-state index is -0.464. The molecule has 0 bridgehead atoms. The van der Waals surface area contributed by atoms with E-state index in [1.54, 1.807) is 6.20 Å². The zero-order valence-corrected chi connectivity index (χ0v) is 15.2. The molecule has 0 aliphatic carbocycles. The van der Waals surface area contributed by atoms with E-state index in [1.807, 2.05) is 36.4 Å². The first-order valence-electron chi connectivity index (χ1n) is 8.99. The third kappa shape index (κ3) is 3.69. The van der Waals surface area contributed by atoms with E-state index in [1.165, 1.54) is 0 Å². The van der Waals surface area contributed by atoms with Gasteiger partial charge in [0.1, 0.15) is 5.82 Å². The molecule has 26 heavy (non-hydrogen) atoms. The molecule has 1 aliphatic rings. The summed E-state index contributed by atoms with van der Waals surface area (Å²) in [7, 11) is 0. The monoisotopic (exact) mass is 352 g/mol. The van der Waals surface area contributed by atoms with E-state index in [4.69, 9.17) is 0 Å². The van der Waals surface area contributed by atoms with Gasteiger partial charge in [0.25, 0.3) is 0 Å². The highest BCUT2D eigenvalue weighted by Crippen LogP contribution is 2.32. The Kier molecular flexibility index (Phi) is 5.51. The number of hydrogen-bond acceptors (Lipinski definition) is 4. The highest BCUT2D eigenvalue weighted by atomic mass is 16.2. The Morgan fingerprint density at radius 2 is 2.00 bits per heavy atom. The maximum atomic E-state index is 12.8. The highest BCUT2D eigenvalue weighted by molar-refractivity contribution is 6.01. The molecule has 0 fully saturated rings. The fourth-order valence-electron chi connectivity index (χ4n) is 3.33. The fourth-order valence-corrected chi connectivity index (χ4v) is 3.33. The van der Waals surface area contributed by atoms with E-state index in [9.17, 15) is 9.59 Å². The lowest BCUT2D eigenvalue weighted by molar-refractivity contribution is -0.126. The summed E-state index contributed by atoms with van der Waals surface area (Å²) >= 11 is 0. The first kappa shape index (κ1) is 17.9. The van der Waals surface area contributed by atoms with Gasteiger partial charge in [-0.15, -0.1) is 0 Å². The van der Waals surface area contributed by atoms with Crippen LogP contribution in [0.2, 0.25) is 0 Å². The lowest BCUT2D eigenvalue weighted by Gasteiger charge is -2.26. The molecule has 1 aromatic carbocycles. The van der Waals surface area contributed by atoms with Crippen molar-refractivity contribution in [1.29, 1.82) is 0 Å². The molecule has 2 heterocycles. The van der Waals surface area contributed by atoms with Crippen molar-refractivity contribution in [2.75, 3.05) is 23.3 Å².